The summed E-state index contributed by atoms with van der Waals surface area (Å²) in [5.74, 6) is -0.389. The lowest BCUT2D eigenvalue weighted by Gasteiger charge is -2.22. The molecule has 0 saturated carbocycles. The van der Waals surface area contributed by atoms with Crippen molar-refractivity contribution in [1.29, 1.82) is 5.26 Å². The van der Waals surface area contributed by atoms with Crippen LogP contribution in [0.1, 0.15) is 37.5 Å². The smallest absolute Gasteiger partial charge is 0.144 e. The molecule has 0 unspecified atom stereocenters. The number of benzene rings is 1. The zero-order chi connectivity index (χ0) is 10.9. The van der Waals surface area contributed by atoms with Gasteiger partial charge in [0, 0.05) is 0 Å². The molecular weight excluding hydrogens is 177 g/mol. The Morgan fingerprint density at radius 2 is 1.86 bits per heavy atom. The van der Waals surface area contributed by atoms with E-state index in [1.54, 1.807) is 13.0 Å². The van der Waals surface area contributed by atoms with Crippen LogP contribution in [-0.4, -0.2) is 0 Å². The van der Waals surface area contributed by atoms with Gasteiger partial charge in [0.1, 0.15) is 11.9 Å². The van der Waals surface area contributed by atoms with Crippen molar-refractivity contribution in [1.82, 2.24) is 0 Å². The van der Waals surface area contributed by atoms with Crippen LogP contribution in [0.2, 0.25) is 0 Å². The number of halogens is 1. The Hall–Kier alpha value is -1.36. The Balaban J connectivity index is 3.41. The average molecular weight is 191 g/mol. The molecule has 1 aromatic rings. The van der Waals surface area contributed by atoms with Gasteiger partial charge in [0.05, 0.1) is 5.56 Å². The van der Waals surface area contributed by atoms with Crippen LogP contribution in [0.5, 0.6) is 0 Å². The van der Waals surface area contributed by atoms with Crippen LogP contribution < -0.4 is 0 Å². The molecule has 1 aromatic carbocycles. The van der Waals surface area contributed by atoms with Crippen molar-refractivity contribution in [2.75, 3.05) is 0 Å². The van der Waals surface area contributed by atoms with Gasteiger partial charge < -0.3 is 0 Å². The van der Waals surface area contributed by atoms with Crippen LogP contribution >= 0.6 is 0 Å². The van der Waals surface area contributed by atoms with E-state index in [2.05, 4.69) is 0 Å². The highest BCUT2D eigenvalue weighted by molar-refractivity contribution is 5.41. The second kappa shape index (κ2) is 3.42. The van der Waals surface area contributed by atoms with E-state index in [9.17, 15) is 4.39 Å². The molecule has 0 aliphatic rings. The summed E-state index contributed by atoms with van der Waals surface area (Å²) in [6.45, 7) is 7.80. The van der Waals surface area contributed by atoms with Crippen molar-refractivity contribution in [3.8, 4) is 6.07 Å². The lowest BCUT2D eigenvalue weighted by Crippen LogP contribution is -2.14. The van der Waals surface area contributed by atoms with E-state index in [4.69, 9.17) is 5.26 Å². The van der Waals surface area contributed by atoms with Gasteiger partial charge >= 0.3 is 0 Å². The molecule has 0 aliphatic carbocycles. The number of hydrogen-bond acceptors (Lipinski definition) is 1. The summed E-state index contributed by atoms with van der Waals surface area (Å²) < 4.78 is 13.6. The van der Waals surface area contributed by atoms with Crippen molar-refractivity contribution in [2.45, 2.75) is 33.1 Å². The Bertz CT molecular complexity index is 394. The van der Waals surface area contributed by atoms with Gasteiger partial charge in [0.25, 0.3) is 0 Å². The summed E-state index contributed by atoms with van der Waals surface area (Å²) in [7, 11) is 0. The van der Waals surface area contributed by atoms with Gasteiger partial charge in [0.2, 0.25) is 0 Å². The maximum Gasteiger partial charge on any atom is 0.144 e. The van der Waals surface area contributed by atoms with Gasteiger partial charge in [-0.15, -0.1) is 0 Å². The zero-order valence-corrected chi connectivity index (χ0v) is 8.98. The van der Waals surface area contributed by atoms with Crippen LogP contribution in [-0.2, 0) is 5.41 Å². The normalized spacial score (nSPS) is 11.1. The van der Waals surface area contributed by atoms with Crippen molar-refractivity contribution in [3.05, 3.63) is 34.6 Å². The number of nitriles is 1. The third-order valence-corrected chi connectivity index (χ3v) is 2.31. The SMILES string of the molecule is Cc1c(C(C)(C)C)ccc(C#N)c1F. The van der Waals surface area contributed by atoms with Crippen molar-refractivity contribution in [3.63, 3.8) is 0 Å². The van der Waals surface area contributed by atoms with E-state index in [1.807, 2.05) is 32.9 Å². The first-order valence-corrected chi connectivity index (χ1v) is 4.57. The van der Waals surface area contributed by atoms with E-state index < -0.39 is 0 Å². The van der Waals surface area contributed by atoms with E-state index in [0.29, 0.717) is 5.56 Å². The summed E-state index contributed by atoms with van der Waals surface area (Å²) >= 11 is 0. The van der Waals surface area contributed by atoms with E-state index >= 15 is 0 Å². The minimum Gasteiger partial charge on any atom is -0.205 e. The molecular formula is C12H14FN. The van der Waals surface area contributed by atoms with Crippen LogP contribution in [0.25, 0.3) is 0 Å². The standard InChI is InChI=1S/C12H14FN/c1-8-10(12(2,3)4)6-5-9(7-14)11(8)13/h5-6H,1-4H3. The van der Waals surface area contributed by atoms with Crippen molar-refractivity contribution >= 4 is 0 Å². The summed E-state index contributed by atoms with van der Waals surface area (Å²) in [6.07, 6.45) is 0. The highest BCUT2D eigenvalue weighted by Crippen LogP contribution is 2.28. The van der Waals surface area contributed by atoms with Gasteiger partial charge in [-0.3, -0.25) is 0 Å². The zero-order valence-electron chi connectivity index (χ0n) is 8.98. The lowest BCUT2D eigenvalue weighted by molar-refractivity contribution is 0.561. The van der Waals surface area contributed by atoms with Gasteiger partial charge in [-0.25, -0.2) is 4.39 Å². The molecule has 0 spiro atoms. The van der Waals surface area contributed by atoms with Crippen LogP contribution in [0.4, 0.5) is 4.39 Å². The largest absolute Gasteiger partial charge is 0.205 e. The fourth-order valence-electron chi connectivity index (χ4n) is 1.58. The molecule has 0 aliphatic heterocycles. The molecule has 0 heterocycles. The predicted molar refractivity (Wildman–Crippen MR) is 54.6 cm³/mol. The third kappa shape index (κ3) is 1.77. The molecule has 1 rings (SSSR count). The van der Waals surface area contributed by atoms with Gasteiger partial charge in [-0.2, -0.15) is 5.26 Å². The molecule has 0 aromatic heterocycles. The second-order valence-electron chi connectivity index (χ2n) is 4.46. The van der Waals surface area contributed by atoms with E-state index in [0.717, 1.165) is 5.56 Å². The highest BCUT2D eigenvalue weighted by Gasteiger charge is 2.19. The third-order valence-electron chi connectivity index (χ3n) is 2.31. The Kier molecular flexibility index (Phi) is 2.62. The maximum atomic E-state index is 13.6. The number of rotatable bonds is 0. The molecule has 2 heteroatoms. The summed E-state index contributed by atoms with van der Waals surface area (Å²) in [4.78, 5) is 0. The Labute approximate surface area is 84.2 Å². The first-order valence-electron chi connectivity index (χ1n) is 4.57. The minimum atomic E-state index is -0.389. The van der Waals surface area contributed by atoms with Crippen LogP contribution in [0.3, 0.4) is 0 Å². The second-order valence-corrected chi connectivity index (χ2v) is 4.46. The van der Waals surface area contributed by atoms with Gasteiger partial charge in [-0.05, 0) is 29.5 Å². The van der Waals surface area contributed by atoms with Crippen LogP contribution in [0.15, 0.2) is 12.1 Å². The van der Waals surface area contributed by atoms with Crippen molar-refractivity contribution in [2.24, 2.45) is 0 Å². The minimum absolute atomic E-state index is 0.0844. The molecule has 0 N–H and O–H groups in total. The highest BCUT2D eigenvalue weighted by atomic mass is 19.1. The predicted octanol–water partition coefficient (Wildman–Crippen LogP) is 3.30. The topological polar surface area (TPSA) is 23.8 Å². The molecule has 74 valence electrons. The van der Waals surface area contributed by atoms with E-state index in [1.165, 1.54) is 0 Å². The summed E-state index contributed by atoms with van der Waals surface area (Å²) in [6, 6.07) is 5.21. The quantitative estimate of drug-likeness (QED) is 0.617. The fraction of sp³-hybridized carbons (Fsp3) is 0.417. The van der Waals surface area contributed by atoms with E-state index in [-0.39, 0.29) is 16.8 Å². The van der Waals surface area contributed by atoms with Crippen LogP contribution in [0, 0.1) is 24.1 Å². The van der Waals surface area contributed by atoms with Gasteiger partial charge in [0.15, 0.2) is 0 Å². The number of nitrogens with zero attached hydrogens (tertiary/aromatic N) is 1. The molecule has 0 saturated heterocycles. The van der Waals surface area contributed by atoms with Gasteiger partial charge in [-0.1, -0.05) is 26.8 Å². The molecule has 0 fully saturated rings. The molecule has 0 amide bonds. The molecule has 1 nitrogen and oxygen atoms in total. The molecule has 0 radical (unpaired) electrons. The first-order chi connectivity index (χ1) is 6.38. The first kappa shape index (κ1) is 10.7. The average Bonchev–Trinajstić information content (AvgIpc) is 2.07. The molecule has 0 bridgehead atoms. The lowest BCUT2D eigenvalue weighted by atomic mass is 9.83. The Morgan fingerprint density at radius 3 is 2.29 bits per heavy atom. The monoisotopic (exact) mass is 191 g/mol. The van der Waals surface area contributed by atoms with Crippen molar-refractivity contribution < 1.29 is 4.39 Å². The number of hydrogen-bond donors (Lipinski definition) is 0. The fourth-order valence-corrected chi connectivity index (χ4v) is 1.58. The molecule has 0 atom stereocenters. The summed E-state index contributed by atoms with van der Waals surface area (Å²) in [5.41, 5.74) is 1.57. The maximum absolute atomic E-state index is 13.6. The molecule has 14 heavy (non-hydrogen) atoms. The Morgan fingerprint density at radius 1 is 1.29 bits per heavy atom. The summed E-state index contributed by atoms with van der Waals surface area (Å²) in [5, 5.41) is 8.65.